The molecule has 3 nitrogen and oxygen atoms in total. The first-order chi connectivity index (χ1) is 8.69. The van der Waals surface area contributed by atoms with Gasteiger partial charge < -0.3 is 5.32 Å². The Morgan fingerprint density at radius 1 is 1.33 bits per heavy atom. The van der Waals surface area contributed by atoms with Crippen LogP contribution in [0.3, 0.4) is 0 Å². The van der Waals surface area contributed by atoms with Crippen LogP contribution in [0, 0.1) is 5.92 Å². The molecule has 1 aromatic heterocycles. The van der Waals surface area contributed by atoms with E-state index in [4.69, 9.17) is 11.6 Å². The first kappa shape index (κ1) is 13.6. The van der Waals surface area contributed by atoms with E-state index in [1.165, 1.54) is 32.1 Å². The van der Waals surface area contributed by atoms with Gasteiger partial charge in [-0.3, -0.25) is 0 Å². The van der Waals surface area contributed by atoms with Crippen LogP contribution in [0.1, 0.15) is 51.8 Å². The average molecular weight is 268 g/mol. The van der Waals surface area contributed by atoms with Gasteiger partial charge in [0.1, 0.15) is 16.8 Å². The fourth-order valence-corrected chi connectivity index (χ4v) is 2.88. The molecule has 1 fully saturated rings. The number of nitrogens with zero attached hydrogens (tertiary/aromatic N) is 2. The largest absolute Gasteiger partial charge is 0.367 e. The quantitative estimate of drug-likeness (QED) is 0.836. The van der Waals surface area contributed by atoms with Gasteiger partial charge >= 0.3 is 0 Å². The summed E-state index contributed by atoms with van der Waals surface area (Å²) < 4.78 is 0. The molecule has 1 aliphatic rings. The molecule has 1 heterocycles. The molecule has 1 saturated carbocycles. The van der Waals surface area contributed by atoms with Crippen molar-refractivity contribution in [2.24, 2.45) is 5.92 Å². The first-order valence-corrected chi connectivity index (χ1v) is 7.37. The molecule has 1 aliphatic carbocycles. The van der Waals surface area contributed by atoms with E-state index in [-0.39, 0.29) is 0 Å². The van der Waals surface area contributed by atoms with Gasteiger partial charge in [0.25, 0.3) is 0 Å². The van der Waals surface area contributed by atoms with E-state index in [0.717, 1.165) is 24.0 Å². The van der Waals surface area contributed by atoms with Crippen LogP contribution in [0.4, 0.5) is 5.82 Å². The second-order valence-electron chi connectivity index (χ2n) is 5.18. The number of rotatable bonds is 4. The van der Waals surface area contributed by atoms with Gasteiger partial charge in [0, 0.05) is 18.5 Å². The molecule has 2 rings (SSSR count). The number of aromatic nitrogens is 2. The van der Waals surface area contributed by atoms with Gasteiger partial charge in [0.2, 0.25) is 0 Å². The zero-order chi connectivity index (χ0) is 13.0. The van der Waals surface area contributed by atoms with Gasteiger partial charge in [-0.15, -0.1) is 0 Å². The standard InChI is InChI=1S/C14H22ClN3/c1-3-13-17-12(15)9-14(18-13)16-10(2)11-7-5-4-6-8-11/h9-11H,3-8H2,1-2H3,(H,16,17,18). The van der Waals surface area contributed by atoms with Crippen molar-refractivity contribution in [1.29, 1.82) is 0 Å². The predicted molar refractivity (Wildman–Crippen MR) is 76.1 cm³/mol. The molecule has 100 valence electrons. The number of nitrogens with one attached hydrogen (secondary N) is 1. The zero-order valence-corrected chi connectivity index (χ0v) is 12.0. The Kier molecular flexibility index (Phi) is 4.81. The minimum Gasteiger partial charge on any atom is -0.367 e. The second-order valence-corrected chi connectivity index (χ2v) is 5.56. The summed E-state index contributed by atoms with van der Waals surface area (Å²) in [5.41, 5.74) is 0. The lowest BCUT2D eigenvalue weighted by Crippen LogP contribution is -2.28. The van der Waals surface area contributed by atoms with Crippen LogP contribution < -0.4 is 5.32 Å². The minimum absolute atomic E-state index is 0.459. The fraction of sp³-hybridized carbons (Fsp3) is 0.714. The molecule has 0 aromatic carbocycles. The summed E-state index contributed by atoms with van der Waals surface area (Å²) in [6.07, 6.45) is 7.58. The van der Waals surface area contributed by atoms with Crippen molar-refractivity contribution in [3.63, 3.8) is 0 Å². The van der Waals surface area contributed by atoms with Crippen molar-refractivity contribution in [2.45, 2.75) is 58.4 Å². The molecule has 0 radical (unpaired) electrons. The van der Waals surface area contributed by atoms with E-state index in [2.05, 4.69) is 22.2 Å². The molecule has 0 aliphatic heterocycles. The van der Waals surface area contributed by atoms with E-state index in [0.29, 0.717) is 11.2 Å². The van der Waals surface area contributed by atoms with Gasteiger partial charge in [-0.2, -0.15) is 0 Å². The molecule has 1 atom stereocenters. The lowest BCUT2D eigenvalue weighted by atomic mass is 9.84. The van der Waals surface area contributed by atoms with Crippen molar-refractivity contribution in [1.82, 2.24) is 9.97 Å². The molecular formula is C14H22ClN3. The van der Waals surface area contributed by atoms with Crippen molar-refractivity contribution in [2.75, 3.05) is 5.32 Å². The van der Waals surface area contributed by atoms with E-state index < -0.39 is 0 Å². The third-order valence-corrected chi connectivity index (χ3v) is 3.98. The lowest BCUT2D eigenvalue weighted by molar-refractivity contribution is 0.328. The molecular weight excluding hydrogens is 246 g/mol. The molecule has 1 N–H and O–H groups in total. The van der Waals surface area contributed by atoms with Gasteiger partial charge in [-0.1, -0.05) is 37.8 Å². The van der Waals surface area contributed by atoms with Crippen molar-refractivity contribution >= 4 is 17.4 Å². The normalized spacial score (nSPS) is 18.6. The molecule has 0 spiro atoms. The van der Waals surface area contributed by atoms with Crippen LogP contribution in [0.15, 0.2) is 6.07 Å². The first-order valence-electron chi connectivity index (χ1n) is 6.99. The van der Waals surface area contributed by atoms with Crippen LogP contribution >= 0.6 is 11.6 Å². The summed E-state index contributed by atoms with van der Waals surface area (Å²) in [6, 6.07) is 2.28. The Balaban J connectivity index is 2.01. The Bertz CT molecular complexity index is 389. The van der Waals surface area contributed by atoms with Crippen molar-refractivity contribution in [3.8, 4) is 0 Å². The lowest BCUT2D eigenvalue weighted by Gasteiger charge is -2.28. The van der Waals surface area contributed by atoms with Crippen LogP contribution in [0.5, 0.6) is 0 Å². The van der Waals surface area contributed by atoms with E-state index >= 15 is 0 Å². The zero-order valence-electron chi connectivity index (χ0n) is 11.2. The number of hydrogen-bond acceptors (Lipinski definition) is 3. The third kappa shape index (κ3) is 3.58. The highest BCUT2D eigenvalue weighted by Gasteiger charge is 2.20. The van der Waals surface area contributed by atoms with E-state index in [9.17, 15) is 0 Å². The van der Waals surface area contributed by atoms with Gasteiger partial charge in [-0.25, -0.2) is 9.97 Å². The number of halogens is 1. The summed E-state index contributed by atoms with van der Waals surface area (Å²) >= 11 is 6.01. The maximum Gasteiger partial charge on any atom is 0.134 e. The summed E-state index contributed by atoms with van der Waals surface area (Å²) in [6.45, 7) is 4.29. The Morgan fingerprint density at radius 2 is 2.06 bits per heavy atom. The summed E-state index contributed by atoms with van der Waals surface area (Å²) in [7, 11) is 0. The van der Waals surface area contributed by atoms with Crippen LogP contribution in [-0.4, -0.2) is 16.0 Å². The maximum absolute atomic E-state index is 6.01. The Morgan fingerprint density at radius 3 is 2.72 bits per heavy atom. The highest BCUT2D eigenvalue weighted by atomic mass is 35.5. The average Bonchev–Trinajstić information content (AvgIpc) is 2.39. The highest BCUT2D eigenvalue weighted by Crippen LogP contribution is 2.28. The Labute approximate surface area is 114 Å². The van der Waals surface area contributed by atoms with Gasteiger partial charge in [-0.05, 0) is 25.7 Å². The molecule has 18 heavy (non-hydrogen) atoms. The molecule has 1 aromatic rings. The maximum atomic E-state index is 6.01. The SMILES string of the molecule is CCc1nc(Cl)cc(NC(C)C2CCCCC2)n1. The highest BCUT2D eigenvalue weighted by molar-refractivity contribution is 6.29. The molecule has 0 saturated heterocycles. The van der Waals surface area contributed by atoms with Crippen LogP contribution in [-0.2, 0) is 6.42 Å². The number of hydrogen-bond donors (Lipinski definition) is 1. The molecule has 0 amide bonds. The predicted octanol–water partition coefficient (Wildman–Crippen LogP) is 4.07. The van der Waals surface area contributed by atoms with Gasteiger partial charge in [0.15, 0.2) is 0 Å². The van der Waals surface area contributed by atoms with Crippen LogP contribution in [0.25, 0.3) is 0 Å². The monoisotopic (exact) mass is 267 g/mol. The van der Waals surface area contributed by atoms with Crippen LogP contribution in [0.2, 0.25) is 5.15 Å². The molecule has 1 unspecified atom stereocenters. The summed E-state index contributed by atoms with van der Waals surface area (Å²) in [4.78, 5) is 8.67. The topological polar surface area (TPSA) is 37.8 Å². The fourth-order valence-electron chi connectivity index (χ4n) is 2.68. The molecule has 4 heteroatoms. The number of aryl methyl sites for hydroxylation is 1. The Hall–Kier alpha value is -0.830. The van der Waals surface area contributed by atoms with Gasteiger partial charge in [0.05, 0.1) is 0 Å². The molecule has 0 bridgehead atoms. The van der Waals surface area contributed by atoms with E-state index in [1.807, 2.05) is 13.0 Å². The smallest absolute Gasteiger partial charge is 0.134 e. The second kappa shape index (κ2) is 6.37. The third-order valence-electron chi connectivity index (χ3n) is 3.79. The van der Waals surface area contributed by atoms with Crippen molar-refractivity contribution in [3.05, 3.63) is 17.0 Å². The van der Waals surface area contributed by atoms with E-state index in [1.54, 1.807) is 0 Å². The summed E-state index contributed by atoms with van der Waals surface area (Å²) in [5, 5.41) is 4.02. The summed E-state index contributed by atoms with van der Waals surface area (Å²) in [5.74, 6) is 2.43. The number of anilines is 1. The van der Waals surface area contributed by atoms with Crippen molar-refractivity contribution < 1.29 is 0 Å². The minimum atomic E-state index is 0.459.